The Labute approximate surface area is 116 Å². The maximum atomic E-state index is 4.55. The first-order chi connectivity index (χ1) is 9.93. The monoisotopic (exact) mass is 263 g/mol. The van der Waals surface area contributed by atoms with Gasteiger partial charge in [-0.15, -0.1) is 0 Å². The van der Waals surface area contributed by atoms with Gasteiger partial charge in [0.05, 0.1) is 22.1 Å². The van der Waals surface area contributed by atoms with E-state index < -0.39 is 0 Å². The Bertz CT molecular complexity index is 664. The normalized spacial score (nSPS) is 12.4. The van der Waals surface area contributed by atoms with E-state index in [2.05, 4.69) is 20.3 Å². The predicted molar refractivity (Wildman–Crippen MR) is 79.5 cm³/mol. The molecule has 3 aromatic rings. The van der Waals surface area contributed by atoms with Gasteiger partial charge in [0.25, 0.3) is 0 Å². The van der Waals surface area contributed by atoms with Crippen molar-refractivity contribution in [1.29, 1.82) is 0 Å². The molecule has 4 rings (SSSR count). The molecule has 0 aliphatic carbocycles. The third kappa shape index (κ3) is 2.75. The Morgan fingerprint density at radius 2 is 1.20 bits per heavy atom. The molecule has 1 aliphatic rings. The van der Waals surface area contributed by atoms with Crippen LogP contribution in [0, 0.1) is 0 Å². The largest absolute Gasteiger partial charge is 0.391 e. The van der Waals surface area contributed by atoms with Crippen molar-refractivity contribution >= 4 is 22.1 Å². The van der Waals surface area contributed by atoms with E-state index in [1.54, 1.807) is 18.5 Å². The summed E-state index contributed by atoms with van der Waals surface area (Å²) >= 11 is 0. The molecule has 4 heteroatoms. The molecule has 1 aliphatic heterocycles. The fraction of sp³-hybridized carbons (Fsp3) is 0. The molecule has 0 saturated carbocycles. The van der Waals surface area contributed by atoms with Crippen molar-refractivity contribution in [2.24, 2.45) is 0 Å². The lowest BCUT2D eigenvalue weighted by atomic mass is 10.2. The fourth-order valence-electron chi connectivity index (χ4n) is 1.82. The first-order valence-corrected chi connectivity index (χ1v) is 6.28. The van der Waals surface area contributed by atoms with E-state index in [0.717, 1.165) is 22.1 Å². The van der Waals surface area contributed by atoms with Gasteiger partial charge in [-0.2, -0.15) is 0 Å². The predicted octanol–water partition coefficient (Wildman–Crippen LogP) is 3.33. The Morgan fingerprint density at radius 3 is 1.45 bits per heavy atom. The minimum Gasteiger partial charge on any atom is -0.391 e. The number of rotatable bonds is 0. The second-order valence-electron chi connectivity index (χ2n) is 4.12. The Balaban J connectivity index is 0.000000170. The molecule has 4 nitrogen and oxygen atoms in total. The summed E-state index contributed by atoms with van der Waals surface area (Å²) in [5.41, 5.74) is 6.32. The maximum absolute atomic E-state index is 4.55. The molecular formula is C16H13N3O. The number of nitrogens with zero attached hydrogens (tertiary/aromatic N) is 2. The van der Waals surface area contributed by atoms with E-state index in [1.807, 2.05) is 54.6 Å². The highest BCUT2D eigenvalue weighted by Crippen LogP contribution is 2.14. The van der Waals surface area contributed by atoms with E-state index in [1.165, 1.54) is 0 Å². The summed E-state index contributed by atoms with van der Waals surface area (Å²) in [4.78, 5) is 13.6. The maximum Gasteiger partial charge on any atom is 0.119 e. The van der Waals surface area contributed by atoms with Crippen molar-refractivity contribution in [1.82, 2.24) is 15.4 Å². The van der Waals surface area contributed by atoms with Crippen molar-refractivity contribution in [2.45, 2.75) is 0 Å². The number of aromatic nitrogens is 2. The number of allylic oxidation sites excluding steroid dienone is 2. The quantitative estimate of drug-likeness (QED) is 0.632. The second kappa shape index (κ2) is 5.84. The van der Waals surface area contributed by atoms with Crippen LogP contribution in [-0.4, -0.2) is 9.97 Å². The summed E-state index contributed by atoms with van der Waals surface area (Å²) < 4.78 is 0. The molecule has 0 radical (unpaired) electrons. The van der Waals surface area contributed by atoms with Gasteiger partial charge in [-0.1, -0.05) is 24.3 Å². The van der Waals surface area contributed by atoms with Crippen LogP contribution in [0.5, 0.6) is 0 Å². The van der Waals surface area contributed by atoms with Crippen molar-refractivity contribution in [3.8, 4) is 0 Å². The van der Waals surface area contributed by atoms with Gasteiger partial charge >= 0.3 is 0 Å². The minimum absolute atomic E-state index is 0.950. The van der Waals surface area contributed by atoms with Crippen LogP contribution in [0.1, 0.15) is 0 Å². The summed E-state index contributed by atoms with van der Waals surface area (Å²) in [5.74, 6) is 0. The lowest BCUT2D eigenvalue weighted by Gasteiger charge is -1.98. The average molecular weight is 263 g/mol. The summed E-state index contributed by atoms with van der Waals surface area (Å²) in [5, 5.41) is 0. The zero-order chi connectivity index (χ0) is 13.6. The van der Waals surface area contributed by atoms with Crippen molar-refractivity contribution in [3.05, 3.63) is 73.1 Å². The average Bonchev–Trinajstić information content (AvgIpc) is 2.55. The number of nitrogens with one attached hydrogen (secondary N) is 1. The molecular weight excluding hydrogens is 250 g/mol. The fourth-order valence-corrected chi connectivity index (χ4v) is 1.82. The summed E-state index contributed by atoms with van der Waals surface area (Å²) in [6.45, 7) is 0. The van der Waals surface area contributed by atoms with Crippen LogP contribution in [0.3, 0.4) is 0 Å². The van der Waals surface area contributed by atoms with E-state index >= 15 is 0 Å². The molecule has 2 aromatic carbocycles. The third-order valence-electron chi connectivity index (χ3n) is 2.74. The van der Waals surface area contributed by atoms with Crippen molar-refractivity contribution < 1.29 is 4.84 Å². The molecule has 1 aromatic heterocycles. The molecule has 0 bridgehead atoms. The highest BCUT2D eigenvalue weighted by molar-refractivity contribution is 5.85. The second-order valence-corrected chi connectivity index (χ2v) is 4.12. The van der Waals surface area contributed by atoms with Gasteiger partial charge in [-0.25, -0.2) is 15.4 Å². The number of hydrogen-bond acceptors (Lipinski definition) is 4. The van der Waals surface area contributed by atoms with Crippen LogP contribution in [0.15, 0.2) is 73.1 Å². The molecule has 0 atom stereocenters. The molecule has 0 amide bonds. The van der Waals surface area contributed by atoms with Crippen LogP contribution in [-0.2, 0) is 4.84 Å². The van der Waals surface area contributed by atoms with Gasteiger partial charge < -0.3 is 4.84 Å². The van der Waals surface area contributed by atoms with E-state index in [9.17, 15) is 0 Å². The first kappa shape index (κ1) is 12.2. The molecule has 1 N–H and O–H groups in total. The molecule has 20 heavy (non-hydrogen) atoms. The van der Waals surface area contributed by atoms with Gasteiger partial charge in [-0.05, 0) is 36.4 Å². The molecule has 0 spiro atoms. The Hall–Kier alpha value is -2.88. The molecule has 0 saturated heterocycles. The number of para-hydroxylation sites is 4. The minimum atomic E-state index is 0.950. The van der Waals surface area contributed by atoms with Crippen molar-refractivity contribution in [3.63, 3.8) is 0 Å². The summed E-state index contributed by atoms with van der Waals surface area (Å²) in [6, 6.07) is 15.8. The van der Waals surface area contributed by atoms with Gasteiger partial charge in [-0.3, -0.25) is 0 Å². The van der Waals surface area contributed by atoms with Gasteiger partial charge in [0.15, 0.2) is 0 Å². The Kier molecular flexibility index (Phi) is 3.55. The molecule has 2 heterocycles. The van der Waals surface area contributed by atoms with Crippen LogP contribution in [0.25, 0.3) is 22.1 Å². The zero-order valence-corrected chi connectivity index (χ0v) is 10.7. The molecule has 0 fully saturated rings. The number of hydroxylamine groups is 1. The number of fused-ring (bicyclic) bond motifs is 2. The topological polar surface area (TPSA) is 47.0 Å². The number of benzene rings is 2. The highest BCUT2D eigenvalue weighted by atomic mass is 16.6. The van der Waals surface area contributed by atoms with Gasteiger partial charge in [0, 0.05) is 6.20 Å². The first-order valence-electron chi connectivity index (χ1n) is 6.28. The van der Waals surface area contributed by atoms with Gasteiger partial charge in [0.2, 0.25) is 0 Å². The summed E-state index contributed by atoms with van der Waals surface area (Å²) in [6.07, 6.45) is 6.93. The van der Waals surface area contributed by atoms with Crippen LogP contribution >= 0.6 is 0 Å². The molecule has 98 valence electrons. The van der Waals surface area contributed by atoms with Crippen LogP contribution in [0.4, 0.5) is 0 Å². The highest BCUT2D eigenvalue weighted by Gasteiger charge is 1.98. The lowest BCUT2D eigenvalue weighted by molar-refractivity contribution is 0.172. The summed E-state index contributed by atoms with van der Waals surface area (Å²) in [7, 11) is 0. The Morgan fingerprint density at radius 1 is 0.700 bits per heavy atom. The molecule has 0 unspecified atom stereocenters. The standard InChI is InChI=1S/C12H8N2.C4H5NO/c1-2-6-10-9(5-1)13-11-7-3-4-8-12(11)14-10;1-2-4-6-5-3-1/h1-8H;1-5H. The van der Waals surface area contributed by atoms with E-state index in [0.29, 0.717) is 0 Å². The SMILES string of the molecule is C1=CNOC=C1.c1ccc2nc3ccccc3nc2c1. The van der Waals surface area contributed by atoms with Crippen LogP contribution < -0.4 is 5.48 Å². The lowest BCUT2D eigenvalue weighted by Crippen LogP contribution is -2.01. The third-order valence-corrected chi connectivity index (χ3v) is 2.74. The van der Waals surface area contributed by atoms with E-state index in [-0.39, 0.29) is 0 Å². The van der Waals surface area contributed by atoms with E-state index in [4.69, 9.17) is 0 Å². The van der Waals surface area contributed by atoms with Crippen molar-refractivity contribution in [2.75, 3.05) is 0 Å². The van der Waals surface area contributed by atoms with Gasteiger partial charge in [0.1, 0.15) is 6.26 Å². The van der Waals surface area contributed by atoms with Crippen LogP contribution in [0.2, 0.25) is 0 Å². The number of hydrogen-bond donors (Lipinski definition) is 1. The smallest absolute Gasteiger partial charge is 0.119 e. The zero-order valence-electron chi connectivity index (χ0n) is 10.7.